The van der Waals surface area contributed by atoms with Crippen molar-refractivity contribution in [1.82, 2.24) is 0 Å². The van der Waals surface area contributed by atoms with E-state index in [0.717, 1.165) is 19.3 Å². The van der Waals surface area contributed by atoms with Crippen molar-refractivity contribution in [3.8, 4) is 0 Å². The van der Waals surface area contributed by atoms with Gasteiger partial charge in [0.1, 0.15) is 24.4 Å². The van der Waals surface area contributed by atoms with Crippen molar-refractivity contribution in [3.63, 3.8) is 0 Å². The lowest BCUT2D eigenvalue weighted by Crippen LogP contribution is -2.68. The van der Waals surface area contributed by atoms with E-state index in [-0.39, 0.29) is 53.1 Å². The van der Waals surface area contributed by atoms with E-state index in [2.05, 4.69) is 40.7 Å². The van der Waals surface area contributed by atoms with Crippen molar-refractivity contribution < 1.29 is 55.1 Å². The van der Waals surface area contributed by atoms with E-state index in [4.69, 9.17) is 9.47 Å². The average molecular weight is 681 g/mol. The van der Waals surface area contributed by atoms with Crippen LogP contribution in [0.4, 0.5) is 0 Å². The fraction of sp³-hybridized carbons (Fsp3) is 0.919. The zero-order valence-corrected chi connectivity index (χ0v) is 29.5. The van der Waals surface area contributed by atoms with Gasteiger partial charge >= 0.3 is 5.97 Å². The number of aliphatic hydroxyl groups excluding tert-OH is 8. The highest BCUT2D eigenvalue weighted by Gasteiger charge is 2.71. The van der Waals surface area contributed by atoms with Crippen molar-refractivity contribution in [2.75, 3.05) is 19.8 Å². The first kappa shape index (κ1) is 36.6. The van der Waals surface area contributed by atoms with Crippen LogP contribution in [0, 0.1) is 56.2 Å². The quantitative estimate of drug-likeness (QED) is 0.155. The van der Waals surface area contributed by atoms with Crippen molar-refractivity contribution in [1.29, 1.82) is 0 Å². The van der Waals surface area contributed by atoms with Crippen LogP contribution >= 0.6 is 0 Å². The molecule has 0 spiro atoms. The van der Waals surface area contributed by atoms with Crippen LogP contribution in [0.3, 0.4) is 0 Å². The number of aliphatic hydroxyl groups is 8. The maximum Gasteiger partial charge on any atom is 0.315 e. The first-order valence-corrected chi connectivity index (χ1v) is 18.2. The van der Waals surface area contributed by atoms with Gasteiger partial charge in [-0.3, -0.25) is 4.79 Å². The van der Waals surface area contributed by atoms with Crippen LogP contribution in [-0.2, 0) is 14.3 Å². The first-order chi connectivity index (χ1) is 22.3. The summed E-state index contributed by atoms with van der Waals surface area (Å²) >= 11 is 0. The lowest BCUT2D eigenvalue weighted by Gasteiger charge is -2.72. The average Bonchev–Trinajstić information content (AvgIpc) is 3.05. The van der Waals surface area contributed by atoms with Gasteiger partial charge in [-0.15, -0.1) is 0 Å². The molecule has 11 heteroatoms. The maximum atomic E-state index is 14.6. The van der Waals surface area contributed by atoms with Gasteiger partial charge in [-0.05, 0) is 96.7 Å². The van der Waals surface area contributed by atoms with Gasteiger partial charge in [0, 0.05) is 12.0 Å². The Morgan fingerprint density at radius 3 is 2.17 bits per heavy atom. The smallest absolute Gasteiger partial charge is 0.315 e. The number of allylic oxidation sites excluding steroid dienone is 2. The number of fused-ring (bicyclic) bond motifs is 7. The van der Waals surface area contributed by atoms with Crippen LogP contribution in [0.25, 0.3) is 0 Å². The minimum atomic E-state index is -1.70. The summed E-state index contributed by atoms with van der Waals surface area (Å²) in [6.07, 6.45) is -2.24. The molecular weight excluding hydrogens is 620 g/mol. The molecule has 1 heterocycles. The predicted octanol–water partition coefficient (Wildman–Crippen LogP) is 1.65. The molecular formula is C37H60O11. The second-order valence-electron chi connectivity index (χ2n) is 18.0. The molecule has 0 amide bonds. The summed E-state index contributed by atoms with van der Waals surface area (Å²) in [5, 5.41) is 84.7. The summed E-state index contributed by atoms with van der Waals surface area (Å²) in [6.45, 7) is 12.1. The summed E-state index contributed by atoms with van der Waals surface area (Å²) < 4.78 is 11.5. The van der Waals surface area contributed by atoms with E-state index < -0.39 is 71.7 Å². The van der Waals surface area contributed by atoms with Crippen LogP contribution in [-0.4, -0.2) is 110 Å². The lowest BCUT2D eigenvalue weighted by molar-refractivity contribution is -0.298. The number of rotatable bonds is 5. The number of hydrogen-bond acceptors (Lipinski definition) is 11. The van der Waals surface area contributed by atoms with E-state index in [1.165, 1.54) is 5.57 Å². The minimum absolute atomic E-state index is 0.0208. The molecule has 0 radical (unpaired) electrons. The van der Waals surface area contributed by atoms with E-state index in [0.29, 0.717) is 32.1 Å². The first-order valence-electron chi connectivity index (χ1n) is 18.2. The molecule has 17 atom stereocenters. The number of carbonyl (C=O) groups excluding carboxylic acids is 1. The maximum absolute atomic E-state index is 14.6. The summed E-state index contributed by atoms with van der Waals surface area (Å²) in [7, 11) is 0. The Hall–Kier alpha value is -1.15. The van der Waals surface area contributed by atoms with Crippen LogP contribution in [0.2, 0.25) is 0 Å². The lowest BCUT2D eigenvalue weighted by atomic mass is 9.32. The zero-order valence-electron chi connectivity index (χ0n) is 29.5. The van der Waals surface area contributed by atoms with Crippen LogP contribution in [0.5, 0.6) is 0 Å². The molecule has 0 aromatic heterocycles. The molecule has 48 heavy (non-hydrogen) atoms. The van der Waals surface area contributed by atoms with Crippen molar-refractivity contribution >= 4 is 5.97 Å². The zero-order chi connectivity index (χ0) is 35.4. The highest BCUT2D eigenvalue weighted by Crippen LogP contribution is 2.76. The van der Waals surface area contributed by atoms with Crippen LogP contribution in [0.15, 0.2) is 11.6 Å². The standard InChI is InChI=1S/C37H60O11/c1-19-25-20-7-8-24-33(3)15-21(41)29(45)34(4,18-40)23(33)9-10-36(24,6)35(20,5)12-14-37(25,13-11-32(19,2)17-39)31(46)48-30-28(44)27(43)26(42)22(16-38)47-30/h7,19,21-30,38-45H,8-18H2,1-6H3/t19-,21-,22-,23-,24-,25+,26-,27+,28-,29+,30+,32+,33+,34-,35-,36-,37+/m1/s1. The third-order valence-corrected chi connectivity index (χ3v) is 16.2. The highest BCUT2D eigenvalue weighted by atomic mass is 16.7. The molecule has 0 bridgehead atoms. The fourth-order valence-corrected chi connectivity index (χ4v) is 12.6. The Balaban J connectivity index is 1.40. The molecule has 1 saturated heterocycles. The van der Waals surface area contributed by atoms with Crippen LogP contribution in [0.1, 0.15) is 92.9 Å². The largest absolute Gasteiger partial charge is 0.432 e. The van der Waals surface area contributed by atoms with E-state index in [1.807, 2.05) is 6.92 Å². The Morgan fingerprint density at radius 1 is 0.875 bits per heavy atom. The molecule has 4 saturated carbocycles. The second-order valence-corrected chi connectivity index (χ2v) is 18.0. The topological polar surface area (TPSA) is 197 Å². The molecule has 0 aromatic carbocycles. The van der Waals surface area contributed by atoms with Gasteiger partial charge in [0.05, 0.1) is 30.8 Å². The van der Waals surface area contributed by atoms with Gasteiger partial charge in [-0.25, -0.2) is 0 Å². The molecule has 0 unspecified atom stereocenters. The van der Waals surface area contributed by atoms with E-state index >= 15 is 0 Å². The van der Waals surface area contributed by atoms with Crippen molar-refractivity contribution in [3.05, 3.63) is 11.6 Å². The van der Waals surface area contributed by atoms with E-state index in [1.54, 1.807) is 0 Å². The van der Waals surface area contributed by atoms with Gasteiger partial charge < -0.3 is 50.3 Å². The summed E-state index contributed by atoms with van der Waals surface area (Å²) in [5.41, 5.74) is -1.97. The number of ether oxygens (including phenoxy) is 2. The normalized spacial score (nSPS) is 56.5. The Labute approximate surface area is 284 Å². The SMILES string of the molecule is C[C@@H]1[C@H]2C3=CC[C@@H]4[C@@]5(C)C[C@@H](O)[C@H](O)[C@](C)(CO)[C@@H]5CC[C@@]4(C)[C@]3(C)CC[C@@]2(C(=O)O[C@@H]2O[C@H](CO)[C@@H](O)[C@H](O)[C@H]2O)CC[C@@]1(C)CO. The molecule has 1 aliphatic heterocycles. The Bertz CT molecular complexity index is 1290. The predicted molar refractivity (Wildman–Crippen MR) is 174 cm³/mol. The number of hydrogen-bond donors (Lipinski definition) is 8. The molecule has 6 aliphatic rings. The van der Waals surface area contributed by atoms with Crippen molar-refractivity contribution in [2.24, 2.45) is 56.2 Å². The van der Waals surface area contributed by atoms with E-state index in [9.17, 15) is 45.6 Å². The van der Waals surface area contributed by atoms with Gasteiger partial charge in [0.25, 0.3) is 0 Å². The third kappa shape index (κ3) is 4.67. The summed E-state index contributed by atoms with van der Waals surface area (Å²) in [6, 6.07) is 0. The van der Waals surface area contributed by atoms with Crippen LogP contribution < -0.4 is 0 Å². The molecule has 6 rings (SSSR count). The molecule has 11 nitrogen and oxygen atoms in total. The van der Waals surface area contributed by atoms with Crippen molar-refractivity contribution in [2.45, 2.75) is 136 Å². The third-order valence-electron chi connectivity index (χ3n) is 16.2. The fourth-order valence-electron chi connectivity index (χ4n) is 12.6. The van der Waals surface area contributed by atoms with Gasteiger partial charge in [-0.1, -0.05) is 53.2 Å². The molecule has 8 N–H and O–H groups in total. The Morgan fingerprint density at radius 2 is 1.54 bits per heavy atom. The molecule has 5 aliphatic carbocycles. The Kier molecular flexibility index (Phi) is 9.12. The monoisotopic (exact) mass is 680 g/mol. The van der Waals surface area contributed by atoms with Gasteiger partial charge in [-0.2, -0.15) is 0 Å². The highest BCUT2D eigenvalue weighted by molar-refractivity contribution is 5.79. The molecule has 5 fully saturated rings. The number of carbonyl (C=O) groups is 1. The molecule has 274 valence electrons. The minimum Gasteiger partial charge on any atom is -0.432 e. The molecule has 0 aromatic rings. The summed E-state index contributed by atoms with van der Waals surface area (Å²) in [5.74, 6) is -0.766. The second kappa shape index (κ2) is 12.0. The van der Waals surface area contributed by atoms with Gasteiger partial charge in [0.2, 0.25) is 6.29 Å². The summed E-state index contributed by atoms with van der Waals surface area (Å²) in [4.78, 5) is 14.6. The number of esters is 1. The van der Waals surface area contributed by atoms with Gasteiger partial charge in [0.15, 0.2) is 0 Å².